The van der Waals surface area contributed by atoms with Gasteiger partial charge in [0.15, 0.2) is 0 Å². The highest BCUT2D eigenvalue weighted by Crippen LogP contribution is 2.05. The van der Waals surface area contributed by atoms with Crippen molar-refractivity contribution in [3.05, 3.63) is 29.6 Å². The van der Waals surface area contributed by atoms with E-state index in [1.807, 2.05) is 0 Å². The van der Waals surface area contributed by atoms with Crippen LogP contribution < -0.4 is 5.32 Å². The van der Waals surface area contributed by atoms with Crippen molar-refractivity contribution < 1.29 is 19.8 Å². The van der Waals surface area contributed by atoms with Crippen LogP contribution in [0.1, 0.15) is 18.2 Å². The van der Waals surface area contributed by atoms with Gasteiger partial charge < -0.3 is 15.5 Å². The van der Waals surface area contributed by atoms with E-state index in [0.29, 0.717) is 11.3 Å². The molecule has 0 aliphatic carbocycles. The number of carboxylic acid groups (broad SMARTS) is 1. The van der Waals surface area contributed by atoms with Crippen LogP contribution in [0.3, 0.4) is 0 Å². The summed E-state index contributed by atoms with van der Waals surface area (Å²) >= 11 is 0. The fourth-order valence-corrected chi connectivity index (χ4v) is 1.39. The Bertz CT molecular complexity index is 420. The standard InChI is InChI=1S/C11H14N2O4/c1-7(15)13-10(11(16)17)5-9-4-8(6-14)2-3-12-9/h2-4,10,14H,5-6H2,1H3,(H,13,15)(H,16,17)/t10-/m0/s1. The third kappa shape index (κ3) is 4.20. The molecule has 1 amide bonds. The van der Waals surface area contributed by atoms with Gasteiger partial charge in [-0.05, 0) is 17.7 Å². The van der Waals surface area contributed by atoms with Gasteiger partial charge in [-0.25, -0.2) is 4.79 Å². The van der Waals surface area contributed by atoms with E-state index in [2.05, 4.69) is 10.3 Å². The molecule has 0 aromatic carbocycles. The maximum absolute atomic E-state index is 10.9. The highest BCUT2D eigenvalue weighted by molar-refractivity contribution is 5.82. The summed E-state index contributed by atoms with van der Waals surface area (Å²) in [5.74, 6) is -1.52. The summed E-state index contributed by atoms with van der Waals surface area (Å²) in [6.07, 6.45) is 1.58. The van der Waals surface area contributed by atoms with Crippen molar-refractivity contribution >= 4 is 11.9 Å². The maximum atomic E-state index is 10.9. The molecular formula is C11H14N2O4. The van der Waals surface area contributed by atoms with Gasteiger partial charge in [-0.1, -0.05) is 0 Å². The van der Waals surface area contributed by atoms with Crippen molar-refractivity contribution in [2.45, 2.75) is 26.0 Å². The average molecular weight is 238 g/mol. The number of aliphatic hydroxyl groups excluding tert-OH is 1. The minimum absolute atomic E-state index is 0.0861. The zero-order chi connectivity index (χ0) is 12.8. The largest absolute Gasteiger partial charge is 0.480 e. The molecule has 1 aromatic rings. The molecule has 3 N–H and O–H groups in total. The van der Waals surface area contributed by atoms with Gasteiger partial charge in [0.05, 0.1) is 6.61 Å². The minimum atomic E-state index is -1.11. The number of carbonyl (C=O) groups excluding carboxylic acids is 1. The molecular weight excluding hydrogens is 224 g/mol. The molecule has 1 heterocycles. The summed E-state index contributed by atoms with van der Waals surface area (Å²) in [4.78, 5) is 25.7. The first kappa shape index (κ1) is 13.1. The quantitative estimate of drug-likeness (QED) is 0.654. The summed E-state index contributed by atoms with van der Waals surface area (Å²) in [7, 11) is 0. The van der Waals surface area contributed by atoms with Gasteiger partial charge in [0.25, 0.3) is 0 Å². The molecule has 0 unspecified atom stereocenters. The molecule has 0 radical (unpaired) electrons. The number of aromatic nitrogens is 1. The number of nitrogens with one attached hydrogen (secondary N) is 1. The Labute approximate surface area is 98.3 Å². The highest BCUT2D eigenvalue weighted by Gasteiger charge is 2.19. The Kier molecular flexibility index (Phi) is 4.59. The normalized spacial score (nSPS) is 11.9. The van der Waals surface area contributed by atoms with Crippen LogP contribution in [0.2, 0.25) is 0 Å². The van der Waals surface area contributed by atoms with E-state index >= 15 is 0 Å². The predicted octanol–water partition coefficient (Wildman–Crippen LogP) is -0.294. The van der Waals surface area contributed by atoms with Crippen LogP contribution >= 0.6 is 0 Å². The molecule has 1 rings (SSSR count). The molecule has 6 nitrogen and oxygen atoms in total. The summed E-state index contributed by atoms with van der Waals surface area (Å²) in [5, 5.41) is 20.2. The SMILES string of the molecule is CC(=O)N[C@@H](Cc1cc(CO)ccn1)C(=O)O. The molecule has 17 heavy (non-hydrogen) atoms. The van der Waals surface area contributed by atoms with Crippen LogP contribution in [0.4, 0.5) is 0 Å². The molecule has 0 fully saturated rings. The van der Waals surface area contributed by atoms with E-state index in [4.69, 9.17) is 10.2 Å². The molecule has 0 saturated carbocycles. The Morgan fingerprint density at radius 3 is 2.76 bits per heavy atom. The van der Waals surface area contributed by atoms with Crippen molar-refractivity contribution in [2.24, 2.45) is 0 Å². The molecule has 1 atom stereocenters. The summed E-state index contributed by atoms with van der Waals surface area (Å²) in [6, 6.07) is 2.24. The van der Waals surface area contributed by atoms with E-state index in [9.17, 15) is 9.59 Å². The summed E-state index contributed by atoms with van der Waals surface area (Å²) in [6.45, 7) is 1.13. The van der Waals surface area contributed by atoms with Crippen LogP contribution in [-0.2, 0) is 22.6 Å². The third-order valence-corrected chi connectivity index (χ3v) is 2.15. The number of carbonyl (C=O) groups is 2. The van der Waals surface area contributed by atoms with Gasteiger partial charge in [-0.3, -0.25) is 9.78 Å². The topological polar surface area (TPSA) is 99.5 Å². The van der Waals surface area contributed by atoms with Crippen molar-refractivity contribution in [1.29, 1.82) is 0 Å². The summed E-state index contributed by atoms with van der Waals surface area (Å²) < 4.78 is 0. The van der Waals surface area contributed by atoms with Gasteiger partial charge in [0.1, 0.15) is 6.04 Å². The van der Waals surface area contributed by atoms with E-state index in [0.717, 1.165) is 0 Å². The first-order valence-electron chi connectivity index (χ1n) is 5.07. The van der Waals surface area contributed by atoms with Gasteiger partial charge in [-0.2, -0.15) is 0 Å². The van der Waals surface area contributed by atoms with Crippen molar-refractivity contribution in [3.63, 3.8) is 0 Å². The molecule has 0 bridgehead atoms. The molecule has 0 aliphatic rings. The van der Waals surface area contributed by atoms with Crippen LogP contribution in [0.25, 0.3) is 0 Å². The molecule has 6 heteroatoms. The Morgan fingerprint density at radius 2 is 2.24 bits per heavy atom. The Morgan fingerprint density at radius 1 is 1.53 bits per heavy atom. The first-order chi connectivity index (χ1) is 8.02. The second-order valence-electron chi connectivity index (χ2n) is 3.61. The number of hydrogen-bond acceptors (Lipinski definition) is 4. The molecule has 0 spiro atoms. The van der Waals surface area contributed by atoms with Crippen LogP contribution in [0.15, 0.2) is 18.3 Å². The number of rotatable bonds is 5. The van der Waals surface area contributed by atoms with E-state index in [1.165, 1.54) is 13.1 Å². The predicted molar refractivity (Wildman–Crippen MR) is 59.1 cm³/mol. The Hall–Kier alpha value is -1.95. The summed E-state index contributed by atoms with van der Waals surface area (Å²) in [5.41, 5.74) is 1.17. The minimum Gasteiger partial charge on any atom is -0.480 e. The van der Waals surface area contributed by atoms with Crippen molar-refractivity contribution in [3.8, 4) is 0 Å². The van der Waals surface area contributed by atoms with Gasteiger partial charge >= 0.3 is 5.97 Å². The maximum Gasteiger partial charge on any atom is 0.326 e. The number of amides is 1. The van der Waals surface area contributed by atoms with Crippen molar-refractivity contribution in [2.75, 3.05) is 0 Å². The lowest BCUT2D eigenvalue weighted by molar-refractivity contribution is -0.141. The molecule has 1 aromatic heterocycles. The molecule has 0 saturated heterocycles. The van der Waals surface area contributed by atoms with Crippen LogP contribution in [0.5, 0.6) is 0 Å². The van der Waals surface area contributed by atoms with Gasteiger partial charge in [0, 0.05) is 25.2 Å². The molecule has 92 valence electrons. The lowest BCUT2D eigenvalue weighted by atomic mass is 10.1. The van der Waals surface area contributed by atoms with Crippen LogP contribution in [0, 0.1) is 0 Å². The molecule has 0 aliphatic heterocycles. The lowest BCUT2D eigenvalue weighted by Gasteiger charge is -2.12. The zero-order valence-corrected chi connectivity index (χ0v) is 9.38. The smallest absolute Gasteiger partial charge is 0.326 e. The van der Waals surface area contributed by atoms with Crippen molar-refractivity contribution in [1.82, 2.24) is 10.3 Å². The zero-order valence-electron chi connectivity index (χ0n) is 9.38. The number of aliphatic hydroxyl groups is 1. The number of aliphatic carboxylic acids is 1. The number of nitrogens with zero attached hydrogens (tertiary/aromatic N) is 1. The fraction of sp³-hybridized carbons (Fsp3) is 0.364. The van der Waals surface area contributed by atoms with Crippen LogP contribution in [-0.4, -0.2) is 33.1 Å². The van der Waals surface area contributed by atoms with E-state index < -0.39 is 17.9 Å². The first-order valence-corrected chi connectivity index (χ1v) is 5.07. The second kappa shape index (κ2) is 5.95. The third-order valence-electron chi connectivity index (χ3n) is 2.15. The number of hydrogen-bond donors (Lipinski definition) is 3. The number of carboxylic acids is 1. The van der Waals surface area contributed by atoms with Gasteiger partial charge in [-0.15, -0.1) is 0 Å². The average Bonchev–Trinajstić information content (AvgIpc) is 2.27. The second-order valence-corrected chi connectivity index (χ2v) is 3.61. The lowest BCUT2D eigenvalue weighted by Crippen LogP contribution is -2.41. The number of pyridine rings is 1. The Balaban J connectivity index is 2.78. The fourth-order valence-electron chi connectivity index (χ4n) is 1.39. The van der Waals surface area contributed by atoms with Gasteiger partial charge in [0.2, 0.25) is 5.91 Å². The van der Waals surface area contributed by atoms with E-state index in [1.54, 1.807) is 12.1 Å². The highest BCUT2D eigenvalue weighted by atomic mass is 16.4. The monoisotopic (exact) mass is 238 g/mol. The van der Waals surface area contributed by atoms with E-state index in [-0.39, 0.29) is 13.0 Å².